The second kappa shape index (κ2) is 10.2. The molecule has 6 heteroatoms. The molecule has 3 N–H and O–H groups in total. The molecule has 0 spiro atoms. The average Bonchev–Trinajstić information content (AvgIpc) is 2.75. The lowest BCUT2D eigenvalue weighted by atomic mass is 9.88. The topological polar surface area (TPSA) is 87.3 Å². The standard InChI is InChI=1S/C25H31N3O3/c1-16-12-17(2)23(18(3)13-16)28-22(29)15-26-24(30)20-10-7-11-21(14-20)27-25(31)19-8-5-4-6-9-19/h7,10-14,19H,4-6,8-9,15H2,1-3H3,(H,26,30)(H,27,31)(H,28,29). The van der Waals surface area contributed by atoms with Gasteiger partial charge in [0.25, 0.3) is 5.91 Å². The Morgan fingerprint density at radius 3 is 2.26 bits per heavy atom. The van der Waals surface area contributed by atoms with Gasteiger partial charge in [0.05, 0.1) is 6.54 Å². The number of amides is 3. The molecule has 3 amide bonds. The summed E-state index contributed by atoms with van der Waals surface area (Å²) < 4.78 is 0. The van der Waals surface area contributed by atoms with Gasteiger partial charge in [0.1, 0.15) is 0 Å². The van der Waals surface area contributed by atoms with E-state index in [0.29, 0.717) is 11.3 Å². The molecule has 1 fully saturated rings. The minimum absolute atomic E-state index is 0.0143. The predicted octanol–water partition coefficient (Wildman–Crippen LogP) is 4.50. The zero-order valence-electron chi connectivity index (χ0n) is 18.5. The van der Waals surface area contributed by atoms with Gasteiger partial charge in [0.2, 0.25) is 11.8 Å². The van der Waals surface area contributed by atoms with Crippen molar-refractivity contribution in [2.45, 2.75) is 52.9 Å². The summed E-state index contributed by atoms with van der Waals surface area (Å²) in [6.45, 7) is 5.77. The third kappa shape index (κ3) is 6.17. The van der Waals surface area contributed by atoms with Crippen LogP contribution in [-0.2, 0) is 9.59 Å². The first-order valence-corrected chi connectivity index (χ1v) is 10.9. The summed E-state index contributed by atoms with van der Waals surface area (Å²) in [4.78, 5) is 37.3. The zero-order chi connectivity index (χ0) is 22.4. The van der Waals surface area contributed by atoms with Crippen molar-refractivity contribution in [1.29, 1.82) is 0 Å². The van der Waals surface area contributed by atoms with E-state index in [1.54, 1.807) is 24.3 Å². The van der Waals surface area contributed by atoms with Crippen LogP contribution >= 0.6 is 0 Å². The number of rotatable bonds is 6. The third-order valence-corrected chi connectivity index (χ3v) is 5.72. The molecule has 0 radical (unpaired) electrons. The van der Waals surface area contributed by atoms with Crippen LogP contribution in [0.25, 0.3) is 0 Å². The predicted molar refractivity (Wildman–Crippen MR) is 123 cm³/mol. The number of anilines is 2. The highest BCUT2D eigenvalue weighted by Gasteiger charge is 2.21. The fraction of sp³-hybridized carbons (Fsp3) is 0.400. The molecule has 2 aromatic carbocycles. The molecule has 1 saturated carbocycles. The van der Waals surface area contributed by atoms with Gasteiger partial charge >= 0.3 is 0 Å². The van der Waals surface area contributed by atoms with Crippen LogP contribution in [0.1, 0.15) is 59.2 Å². The van der Waals surface area contributed by atoms with E-state index in [1.807, 2.05) is 32.9 Å². The maximum absolute atomic E-state index is 12.5. The van der Waals surface area contributed by atoms with Gasteiger partial charge in [-0.25, -0.2) is 0 Å². The van der Waals surface area contributed by atoms with E-state index >= 15 is 0 Å². The Bertz CT molecular complexity index is 955. The van der Waals surface area contributed by atoms with Crippen LogP contribution in [0.2, 0.25) is 0 Å². The van der Waals surface area contributed by atoms with E-state index in [9.17, 15) is 14.4 Å². The molecule has 164 valence electrons. The monoisotopic (exact) mass is 421 g/mol. The van der Waals surface area contributed by atoms with Gasteiger partial charge in [-0.05, 0) is 62.9 Å². The van der Waals surface area contributed by atoms with Crippen molar-refractivity contribution in [3.8, 4) is 0 Å². The molecule has 0 bridgehead atoms. The molecule has 0 saturated heterocycles. The summed E-state index contributed by atoms with van der Waals surface area (Å²) >= 11 is 0. The molecule has 6 nitrogen and oxygen atoms in total. The third-order valence-electron chi connectivity index (χ3n) is 5.72. The lowest BCUT2D eigenvalue weighted by molar-refractivity contribution is -0.120. The number of hydrogen-bond acceptors (Lipinski definition) is 3. The maximum Gasteiger partial charge on any atom is 0.251 e. The Morgan fingerprint density at radius 1 is 0.903 bits per heavy atom. The average molecular weight is 422 g/mol. The minimum Gasteiger partial charge on any atom is -0.343 e. The SMILES string of the molecule is Cc1cc(C)c(NC(=O)CNC(=O)c2cccc(NC(=O)C3CCCCC3)c2)c(C)c1. The molecule has 31 heavy (non-hydrogen) atoms. The number of benzene rings is 2. The van der Waals surface area contributed by atoms with Crippen molar-refractivity contribution >= 4 is 29.1 Å². The van der Waals surface area contributed by atoms with Gasteiger partial charge in [0.15, 0.2) is 0 Å². The first-order chi connectivity index (χ1) is 14.8. The molecule has 2 aromatic rings. The number of hydrogen-bond donors (Lipinski definition) is 3. The van der Waals surface area contributed by atoms with Crippen molar-refractivity contribution < 1.29 is 14.4 Å². The fourth-order valence-corrected chi connectivity index (χ4v) is 4.17. The highest BCUT2D eigenvalue weighted by atomic mass is 16.2. The van der Waals surface area contributed by atoms with E-state index in [2.05, 4.69) is 16.0 Å². The van der Waals surface area contributed by atoms with E-state index in [-0.39, 0.29) is 30.2 Å². The Balaban J connectivity index is 1.55. The lowest BCUT2D eigenvalue weighted by Crippen LogP contribution is -2.33. The van der Waals surface area contributed by atoms with Crippen LogP contribution in [-0.4, -0.2) is 24.3 Å². The molecule has 0 atom stereocenters. The van der Waals surface area contributed by atoms with Gasteiger partial charge in [0, 0.05) is 22.9 Å². The molecule has 0 heterocycles. The number of aryl methyl sites for hydroxylation is 3. The largest absolute Gasteiger partial charge is 0.343 e. The maximum atomic E-state index is 12.5. The molecule has 1 aliphatic carbocycles. The van der Waals surface area contributed by atoms with Gasteiger partial charge in [-0.15, -0.1) is 0 Å². The van der Waals surface area contributed by atoms with E-state index in [1.165, 1.54) is 6.42 Å². The summed E-state index contributed by atoms with van der Waals surface area (Å²) in [6.07, 6.45) is 5.20. The summed E-state index contributed by atoms with van der Waals surface area (Å²) in [7, 11) is 0. The summed E-state index contributed by atoms with van der Waals surface area (Å²) in [5.74, 6) is -0.587. The quantitative estimate of drug-likeness (QED) is 0.642. The van der Waals surface area contributed by atoms with Gasteiger partial charge in [-0.3, -0.25) is 14.4 Å². The first kappa shape index (κ1) is 22.5. The number of carbonyl (C=O) groups excluding carboxylic acids is 3. The fourth-order valence-electron chi connectivity index (χ4n) is 4.17. The molecular weight excluding hydrogens is 390 g/mol. The van der Waals surface area contributed by atoms with Gasteiger partial charge in [-0.1, -0.05) is 43.0 Å². The Morgan fingerprint density at radius 2 is 1.58 bits per heavy atom. The molecule has 0 unspecified atom stereocenters. The summed E-state index contributed by atoms with van der Waals surface area (Å²) in [5, 5.41) is 8.45. The van der Waals surface area contributed by atoms with Crippen LogP contribution in [0.15, 0.2) is 36.4 Å². The van der Waals surface area contributed by atoms with E-state index in [0.717, 1.165) is 48.1 Å². The van der Waals surface area contributed by atoms with Crippen molar-refractivity contribution in [3.05, 3.63) is 58.7 Å². The zero-order valence-corrected chi connectivity index (χ0v) is 18.5. The normalized spacial score (nSPS) is 14.0. The van der Waals surface area contributed by atoms with E-state index in [4.69, 9.17) is 0 Å². The minimum atomic E-state index is -0.360. The Labute approximate surface area is 183 Å². The smallest absolute Gasteiger partial charge is 0.251 e. The molecule has 3 rings (SSSR count). The van der Waals surface area contributed by atoms with Crippen LogP contribution in [0.3, 0.4) is 0 Å². The number of carbonyl (C=O) groups is 3. The molecule has 1 aliphatic rings. The number of nitrogens with one attached hydrogen (secondary N) is 3. The van der Waals surface area contributed by atoms with E-state index < -0.39 is 0 Å². The molecule has 0 aliphatic heterocycles. The van der Waals surface area contributed by atoms with Crippen LogP contribution in [0.4, 0.5) is 11.4 Å². The molecular formula is C25H31N3O3. The highest BCUT2D eigenvalue weighted by molar-refractivity contribution is 6.01. The summed E-state index contributed by atoms with van der Waals surface area (Å²) in [6, 6.07) is 10.8. The second-order valence-corrected chi connectivity index (χ2v) is 8.41. The highest BCUT2D eigenvalue weighted by Crippen LogP contribution is 2.25. The van der Waals surface area contributed by atoms with Gasteiger partial charge < -0.3 is 16.0 Å². The van der Waals surface area contributed by atoms with Crippen molar-refractivity contribution in [2.75, 3.05) is 17.2 Å². The lowest BCUT2D eigenvalue weighted by Gasteiger charge is -2.20. The second-order valence-electron chi connectivity index (χ2n) is 8.41. The Kier molecular flexibility index (Phi) is 7.45. The van der Waals surface area contributed by atoms with Crippen LogP contribution < -0.4 is 16.0 Å². The molecule has 0 aromatic heterocycles. The van der Waals surface area contributed by atoms with Crippen LogP contribution in [0, 0.1) is 26.7 Å². The van der Waals surface area contributed by atoms with Gasteiger partial charge in [-0.2, -0.15) is 0 Å². The first-order valence-electron chi connectivity index (χ1n) is 10.9. The van der Waals surface area contributed by atoms with Crippen LogP contribution in [0.5, 0.6) is 0 Å². The Hall–Kier alpha value is -3.15. The van der Waals surface area contributed by atoms with Crippen molar-refractivity contribution in [1.82, 2.24) is 5.32 Å². The van der Waals surface area contributed by atoms with Crippen molar-refractivity contribution in [3.63, 3.8) is 0 Å². The van der Waals surface area contributed by atoms with Crippen molar-refractivity contribution in [2.24, 2.45) is 5.92 Å². The summed E-state index contributed by atoms with van der Waals surface area (Å²) in [5.41, 5.74) is 4.88.